The lowest BCUT2D eigenvalue weighted by Crippen LogP contribution is -2.57. The molecule has 5 fully saturated rings. The Morgan fingerprint density at radius 1 is 0.938 bits per heavy atom. The quantitative estimate of drug-likeness (QED) is 0.363. The number of hydrogen-bond acceptors (Lipinski definition) is 12. The van der Waals surface area contributed by atoms with Crippen molar-refractivity contribution in [1.82, 2.24) is 9.80 Å². The van der Waals surface area contributed by atoms with Crippen LogP contribution in [0.5, 0.6) is 0 Å². The first-order valence-electron chi connectivity index (χ1n) is 18.3. The largest absolute Gasteiger partial charge is 0.463 e. The number of carbonyl (C=O) groups is 3. The van der Waals surface area contributed by atoms with Gasteiger partial charge in [-0.05, 0) is 95.1 Å². The lowest BCUT2D eigenvalue weighted by Gasteiger charge is -2.40. The van der Waals surface area contributed by atoms with Crippen LogP contribution in [0.2, 0.25) is 0 Å². The first-order chi connectivity index (χ1) is 22.9. The lowest BCUT2D eigenvalue weighted by atomic mass is 9.66. The summed E-state index contributed by atoms with van der Waals surface area (Å²) >= 11 is 0. The second-order valence-electron chi connectivity index (χ2n) is 15.6. The van der Waals surface area contributed by atoms with Gasteiger partial charge in [0, 0.05) is 32.1 Å². The number of ketones is 1. The molecule has 0 spiro atoms. The smallest absolute Gasteiger partial charge is 0.320 e. The SMILES string of the molecule is CC1CCCC(OC(=O)CN2CCN(C)CC2)C(C)C(=O)C2=CC3C4CC(O[C@@H]5O[C@@H](C)[C@H](O)[C@@H](O)[C@H]5O)CC4CCC3C2CC(=O)O1. The number of aliphatic hydroxyl groups excluding tert-OH is 3. The van der Waals surface area contributed by atoms with Gasteiger partial charge in [0.2, 0.25) is 0 Å². The number of piperazine rings is 1. The molecular weight excluding hydrogens is 620 g/mol. The number of likely N-dealkylation sites (N-methyl/N-ethyl adjacent to an activating group) is 1. The maximum Gasteiger partial charge on any atom is 0.320 e. The molecule has 12 nitrogen and oxygen atoms in total. The molecule has 0 aromatic heterocycles. The monoisotopic (exact) mass is 676 g/mol. The van der Waals surface area contributed by atoms with Crippen molar-refractivity contribution >= 4 is 17.7 Å². The molecule has 2 saturated carbocycles. The van der Waals surface area contributed by atoms with E-state index in [-0.39, 0.29) is 66.6 Å². The summed E-state index contributed by atoms with van der Waals surface area (Å²) in [5, 5.41) is 30.9. The molecule has 9 unspecified atom stereocenters. The molecule has 12 heteroatoms. The fourth-order valence-corrected chi connectivity index (χ4v) is 9.41. The van der Waals surface area contributed by atoms with Gasteiger partial charge in [-0.1, -0.05) is 13.0 Å². The average molecular weight is 677 g/mol. The summed E-state index contributed by atoms with van der Waals surface area (Å²) in [7, 11) is 2.07. The molecule has 3 N–H and O–H groups in total. The summed E-state index contributed by atoms with van der Waals surface area (Å²) in [4.78, 5) is 45.1. The molecule has 270 valence electrons. The van der Waals surface area contributed by atoms with Crippen molar-refractivity contribution in [1.29, 1.82) is 0 Å². The minimum atomic E-state index is -1.35. The predicted octanol–water partition coefficient (Wildman–Crippen LogP) is 1.68. The Bertz CT molecular complexity index is 1210. The molecule has 6 aliphatic rings. The summed E-state index contributed by atoms with van der Waals surface area (Å²) in [5.41, 5.74) is 0.671. The van der Waals surface area contributed by atoms with Crippen LogP contribution in [-0.2, 0) is 33.3 Å². The van der Waals surface area contributed by atoms with Gasteiger partial charge in [-0.2, -0.15) is 0 Å². The number of rotatable bonds is 5. The Balaban J connectivity index is 1.17. The zero-order chi connectivity index (χ0) is 34.3. The maximum absolute atomic E-state index is 14.4. The molecule has 14 atom stereocenters. The standard InChI is InChI=1S/C36H56N2O10/c1-19-6-5-7-29(48-31(40)18-38-12-10-37(4)11-13-38)20(2)32(41)28-16-26-24(27(28)17-30(39)45-19)9-8-22-14-23(15-25(22)26)47-36-35(44)34(43)33(42)21(3)46-36/h16,19-27,29,33-36,42-44H,5-15,17-18H2,1-4H3/t19?,20?,21-,22?,23?,24?,25?,26?,27?,29?,33-,34+,35+,36-/m0/s1. The highest BCUT2D eigenvalue weighted by Gasteiger charge is 2.53. The molecule has 3 saturated heterocycles. The fraction of sp³-hybridized carbons (Fsp3) is 0.861. The van der Waals surface area contributed by atoms with Crippen LogP contribution in [0.4, 0.5) is 0 Å². The van der Waals surface area contributed by atoms with E-state index < -0.39 is 42.7 Å². The number of Topliss-reactive ketones (excluding diaryl/α,β-unsaturated/α-hetero) is 1. The van der Waals surface area contributed by atoms with Gasteiger partial charge in [-0.15, -0.1) is 0 Å². The number of esters is 2. The van der Waals surface area contributed by atoms with E-state index in [1.165, 1.54) is 0 Å². The van der Waals surface area contributed by atoms with E-state index in [0.717, 1.165) is 45.4 Å². The van der Waals surface area contributed by atoms with Crippen molar-refractivity contribution in [3.05, 3.63) is 11.6 Å². The zero-order valence-electron chi connectivity index (χ0n) is 28.9. The van der Waals surface area contributed by atoms with Crippen molar-refractivity contribution in [3.63, 3.8) is 0 Å². The summed E-state index contributed by atoms with van der Waals surface area (Å²) in [5.74, 6) is -0.625. The van der Waals surface area contributed by atoms with Crippen molar-refractivity contribution in [3.8, 4) is 0 Å². The van der Waals surface area contributed by atoms with E-state index in [2.05, 4.69) is 22.9 Å². The predicted molar refractivity (Wildman–Crippen MR) is 173 cm³/mol. The number of allylic oxidation sites excluding steroid dienone is 2. The molecule has 0 aromatic carbocycles. The van der Waals surface area contributed by atoms with Gasteiger partial charge < -0.3 is 39.2 Å². The number of cyclic esters (lactones) is 1. The second kappa shape index (κ2) is 15.1. The van der Waals surface area contributed by atoms with Crippen molar-refractivity contribution in [2.45, 2.75) is 121 Å². The second-order valence-corrected chi connectivity index (χ2v) is 15.6. The Morgan fingerprint density at radius 2 is 1.69 bits per heavy atom. The Morgan fingerprint density at radius 3 is 2.44 bits per heavy atom. The number of carbonyl (C=O) groups excluding carboxylic acids is 3. The lowest BCUT2D eigenvalue weighted by molar-refractivity contribution is -0.303. The highest BCUT2D eigenvalue weighted by molar-refractivity contribution is 5.99. The van der Waals surface area contributed by atoms with Gasteiger partial charge >= 0.3 is 11.9 Å². The van der Waals surface area contributed by atoms with E-state index in [1.54, 1.807) is 6.92 Å². The van der Waals surface area contributed by atoms with Crippen LogP contribution in [-0.4, -0.2) is 132 Å². The van der Waals surface area contributed by atoms with E-state index >= 15 is 0 Å². The van der Waals surface area contributed by atoms with Crippen LogP contribution in [0.3, 0.4) is 0 Å². The first kappa shape index (κ1) is 35.9. The number of hydrogen-bond donors (Lipinski definition) is 3. The molecule has 3 aliphatic carbocycles. The van der Waals surface area contributed by atoms with E-state index in [4.69, 9.17) is 18.9 Å². The Hall–Kier alpha value is -1.93. The number of nitrogens with zero attached hydrogens (tertiary/aromatic N) is 2. The molecular formula is C36H56N2O10. The van der Waals surface area contributed by atoms with Crippen molar-refractivity contribution in [2.75, 3.05) is 39.8 Å². The van der Waals surface area contributed by atoms with Crippen molar-refractivity contribution in [2.24, 2.45) is 35.5 Å². The Kier molecular flexibility index (Phi) is 11.3. The average Bonchev–Trinajstić information content (AvgIpc) is 3.63. The van der Waals surface area contributed by atoms with Gasteiger partial charge in [0.25, 0.3) is 0 Å². The van der Waals surface area contributed by atoms with E-state index in [9.17, 15) is 29.7 Å². The minimum Gasteiger partial charge on any atom is -0.463 e. The van der Waals surface area contributed by atoms with Crippen LogP contribution in [0.25, 0.3) is 0 Å². The number of ether oxygens (including phenoxy) is 4. The molecule has 3 aliphatic heterocycles. The molecule has 0 bridgehead atoms. The van der Waals surface area contributed by atoms with E-state index in [0.29, 0.717) is 37.2 Å². The molecule has 6 rings (SSSR count). The van der Waals surface area contributed by atoms with Crippen LogP contribution >= 0.6 is 0 Å². The zero-order valence-corrected chi connectivity index (χ0v) is 28.9. The first-order valence-corrected chi connectivity index (χ1v) is 18.3. The molecule has 0 amide bonds. The third kappa shape index (κ3) is 7.70. The summed E-state index contributed by atoms with van der Waals surface area (Å²) in [6.07, 6.45) is 0.769. The normalized spacial score (nSPS) is 44.8. The van der Waals surface area contributed by atoms with E-state index in [1.807, 2.05) is 13.8 Å². The van der Waals surface area contributed by atoms with Crippen LogP contribution < -0.4 is 0 Å². The van der Waals surface area contributed by atoms with Crippen LogP contribution in [0.1, 0.15) is 72.1 Å². The molecule has 0 radical (unpaired) electrons. The summed E-state index contributed by atoms with van der Waals surface area (Å²) in [6.45, 7) is 9.03. The van der Waals surface area contributed by atoms with Crippen LogP contribution in [0.15, 0.2) is 11.6 Å². The fourth-order valence-electron chi connectivity index (χ4n) is 9.41. The van der Waals surface area contributed by atoms with Gasteiger partial charge in [-0.25, -0.2) is 0 Å². The summed E-state index contributed by atoms with van der Waals surface area (Å²) < 4.78 is 23.9. The third-order valence-electron chi connectivity index (χ3n) is 12.3. The highest BCUT2D eigenvalue weighted by Crippen LogP contribution is 2.56. The van der Waals surface area contributed by atoms with Crippen LogP contribution in [0, 0.1) is 35.5 Å². The minimum absolute atomic E-state index is 0.0455. The van der Waals surface area contributed by atoms with Crippen molar-refractivity contribution < 1.29 is 48.7 Å². The summed E-state index contributed by atoms with van der Waals surface area (Å²) in [6, 6.07) is 0. The molecule has 3 heterocycles. The maximum atomic E-state index is 14.4. The Labute approximate surface area is 284 Å². The third-order valence-corrected chi connectivity index (χ3v) is 12.3. The topological polar surface area (TPSA) is 155 Å². The number of fused-ring (bicyclic) bond motifs is 5. The highest BCUT2D eigenvalue weighted by atomic mass is 16.7. The molecule has 48 heavy (non-hydrogen) atoms. The van der Waals surface area contributed by atoms with Gasteiger partial charge in [-0.3, -0.25) is 19.3 Å². The molecule has 0 aromatic rings. The van der Waals surface area contributed by atoms with Gasteiger partial charge in [0.05, 0.1) is 37.2 Å². The number of aliphatic hydroxyl groups is 3. The van der Waals surface area contributed by atoms with Gasteiger partial charge in [0.15, 0.2) is 12.1 Å². The van der Waals surface area contributed by atoms with Gasteiger partial charge in [0.1, 0.15) is 24.4 Å².